The fourth-order valence-corrected chi connectivity index (χ4v) is 6.18. The first-order chi connectivity index (χ1) is 18.0. The maximum atomic E-state index is 12.6. The minimum atomic E-state index is 0.0674. The summed E-state index contributed by atoms with van der Waals surface area (Å²) >= 11 is 12.0. The summed E-state index contributed by atoms with van der Waals surface area (Å²) in [4.78, 5) is 20.5. The summed E-state index contributed by atoms with van der Waals surface area (Å²) in [7, 11) is 0. The molecule has 0 radical (unpaired) electrons. The zero-order valence-electron chi connectivity index (χ0n) is 21.1. The van der Waals surface area contributed by atoms with Gasteiger partial charge >= 0.3 is 0 Å². The maximum Gasteiger partial charge on any atom is 0.246 e. The zero-order valence-corrected chi connectivity index (χ0v) is 22.6. The Morgan fingerprint density at radius 1 is 1.00 bits per heavy atom. The molecule has 5 rings (SSSR count). The summed E-state index contributed by atoms with van der Waals surface area (Å²) in [6.45, 7) is 5.09. The van der Waals surface area contributed by atoms with Gasteiger partial charge in [0.05, 0.1) is 10.0 Å². The van der Waals surface area contributed by atoms with Gasteiger partial charge in [0, 0.05) is 36.3 Å². The van der Waals surface area contributed by atoms with E-state index in [-0.39, 0.29) is 5.91 Å². The van der Waals surface area contributed by atoms with Crippen molar-refractivity contribution in [2.24, 2.45) is 5.92 Å². The van der Waals surface area contributed by atoms with Crippen molar-refractivity contribution in [2.75, 3.05) is 32.7 Å². The van der Waals surface area contributed by atoms with Crippen LogP contribution in [0.5, 0.6) is 5.75 Å². The average Bonchev–Trinajstić information content (AvgIpc) is 3.33. The predicted octanol–water partition coefficient (Wildman–Crippen LogP) is 7.09. The van der Waals surface area contributed by atoms with Gasteiger partial charge in [-0.25, -0.2) is 0 Å². The number of carbonyl (C=O) groups excluding carboxylic acids is 1. The number of likely N-dealkylation sites (tertiary alicyclic amines) is 2. The Labute approximate surface area is 229 Å². The summed E-state index contributed by atoms with van der Waals surface area (Å²) in [5.41, 5.74) is 3.33. The molecule has 0 atom stereocenters. The van der Waals surface area contributed by atoms with E-state index in [2.05, 4.69) is 16.1 Å². The van der Waals surface area contributed by atoms with Gasteiger partial charge in [0.15, 0.2) is 0 Å². The van der Waals surface area contributed by atoms with Crippen LogP contribution < -0.4 is 0 Å². The fourth-order valence-electron chi connectivity index (χ4n) is 5.87. The molecular weight excluding hydrogens is 505 g/mol. The predicted molar refractivity (Wildman–Crippen MR) is 152 cm³/mol. The summed E-state index contributed by atoms with van der Waals surface area (Å²) < 4.78 is 0. The van der Waals surface area contributed by atoms with Crippen molar-refractivity contribution in [3.05, 3.63) is 69.8 Å². The number of carbonyl (C=O) groups is 1. The number of fused-ring (bicyclic) bond motifs is 1. The number of benzene rings is 2. The van der Waals surface area contributed by atoms with Gasteiger partial charge in [-0.1, -0.05) is 29.3 Å². The normalized spacial score (nSPS) is 18.3. The topological polar surface area (TPSA) is 59.6 Å². The second kappa shape index (κ2) is 11.9. The number of phenolic OH excluding ortho intramolecular Hbond substituents is 1. The van der Waals surface area contributed by atoms with E-state index in [1.165, 1.54) is 31.2 Å². The molecule has 0 unspecified atom stereocenters. The van der Waals surface area contributed by atoms with Crippen molar-refractivity contribution < 1.29 is 9.90 Å². The quantitative estimate of drug-likeness (QED) is 0.315. The smallest absolute Gasteiger partial charge is 0.246 e. The van der Waals surface area contributed by atoms with Crippen LogP contribution in [0, 0.1) is 5.92 Å². The van der Waals surface area contributed by atoms with Gasteiger partial charge in [-0.05, 0) is 118 Å². The maximum absolute atomic E-state index is 12.6. The number of rotatable bonds is 7. The molecule has 2 fully saturated rings. The SMILES string of the molecule is O=C(/C=C/c1ccc(Cl)c(Cl)c1)N1CCC(CCCN2CCC(c3c[nH]c4ccc(O)cc34)CC2)CC1. The number of halogens is 2. The van der Waals surface area contributed by atoms with Crippen LogP contribution in [0.15, 0.2) is 48.7 Å². The van der Waals surface area contributed by atoms with Gasteiger partial charge in [-0.15, -0.1) is 0 Å². The van der Waals surface area contributed by atoms with E-state index in [1.807, 2.05) is 29.2 Å². The van der Waals surface area contributed by atoms with E-state index in [1.54, 1.807) is 24.3 Å². The van der Waals surface area contributed by atoms with Crippen molar-refractivity contribution in [3.63, 3.8) is 0 Å². The molecule has 3 aromatic rings. The Hall–Kier alpha value is -2.47. The van der Waals surface area contributed by atoms with Crippen molar-refractivity contribution in [1.29, 1.82) is 0 Å². The van der Waals surface area contributed by atoms with Crippen LogP contribution in [0.2, 0.25) is 10.0 Å². The summed E-state index contributed by atoms with van der Waals surface area (Å²) in [6.07, 6.45) is 12.5. The summed E-state index contributed by atoms with van der Waals surface area (Å²) in [5, 5.41) is 12.1. The molecule has 2 saturated heterocycles. The second-order valence-electron chi connectivity index (χ2n) is 10.5. The van der Waals surface area contributed by atoms with Crippen molar-refractivity contribution in [1.82, 2.24) is 14.8 Å². The molecule has 1 amide bonds. The first kappa shape index (κ1) is 26.1. The van der Waals surface area contributed by atoms with Crippen LogP contribution in [-0.2, 0) is 4.79 Å². The molecule has 5 nitrogen and oxygen atoms in total. The molecule has 2 aromatic carbocycles. The summed E-state index contributed by atoms with van der Waals surface area (Å²) in [5.74, 6) is 1.66. The van der Waals surface area contributed by atoms with Gasteiger partial charge in [0.2, 0.25) is 5.91 Å². The van der Waals surface area contributed by atoms with E-state index >= 15 is 0 Å². The van der Waals surface area contributed by atoms with Gasteiger partial charge in [-0.3, -0.25) is 4.79 Å². The van der Waals surface area contributed by atoms with Gasteiger partial charge in [0.1, 0.15) is 5.75 Å². The lowest BCUT2D eigenvalue weighted by Crippen LogP contribution is -2.38. The van der Waals surface area contributed by atoms with Crippen LogP contribution in [-0.4, -0.2) is 58.5 Å². The molecule has 196 valence electrons. The number of nitrogens with zero attached hydrogens (tertiary/aromatic N) is 2. The van der Waals surface area contributed by atoms with E-state index in [0.29, 0.717) is 27.6 Å². The Balaban J connectivity index is 1.00. The van der Waals surface area contributed by atoms with Gasteiger partial charge in [0.25, 0.3) is 0 Å². The second-order valence-corrected chi connectivity index (χ2v) is 11.3. The molecule has 2 N–H and O–H groups in total. The molecule has 0 saturated carbocycles. The zero-order chi connectivity index (χ0) is 25.8. The number of H-pyrrole nitrogens is 1. The molecule has 2 aliphatic rings. The van der Waals surface area contributed by atoms with Crippen LogP contribution in [0.1, 0.15) is 55.6 Å². The number of nitrogens with one attached hydrogen (secondary N) is 1. The van der Waals surface area contributed by atoms with E-state index in [0.717, 1.165) is 62.0 Å². The third-order valence-corrected chi connectivity index (χ3v) is 8.84. The Morgan fingerprint density at radius 2 is 1.78 bits per heavy atom. The summed E-state index contributed by atoms with van der Waals surface area (Å²) in [6, 6.07) is 11.0. The lowest BCUT2D eigenvalue weighted by Gasteiger charge is -2.34. The number of aromatic nitrogens is 1. The fraction of sp³-hybridized carbons (Fsp3) is 0.433. The molecule has 0 bridgehead atoms. The van der Waals surface area contributed by atoms with Crippen molar-refractivity contribution in [3.8, 4) is 5.75 Å². The first-order valence-electron chi connectivity index (χ1n) is 13.4. The molecular formula is C30H35Cl2N3O2. The monoisotopic (exact) mass is 539 g/mol. The molecule has 37 heavy (non-hydrogen) atoms. The number of hydrogen-bond donors (Lipinski definition) is 2. The molecule has 1 aromatic heterocycles. The minimum absolute atomic E-state index is 0.0674. The van der Waals surface area contributed by atoms with Crippen molar-refractivity contribution >= 4 is 46.1 Å². The number of aromatic hydroxyl groups is 1. The van der Waals surface area contributed by atoms with Gasteiger partial charge < -0.3 is 19.9 Å². The number of hydrogen-bond acceptors (Lipinski definition) is 3. The highest BCUT2D eigenvalue weighted by atomic mass is 35.5. The lowest BCUT2D eigenvalue weighted by atomic mass is 9.88. The largest absolute Gasteiger partial charge is 0.508 e. The molecule has 3 heterocycles. The highest BCUT2D eigenvalue weighted by Gasteiger charge is 2.24. The number of piperidine rings is 2. The number of phenols is 1. The molecule has 0 aliphatic carbocycles. The van der Waals surface area contributed by atoms with Gasteiger partial charge in [-0.2, -0.15) is 0 Å². The van der Waals surface area contributed by atoms with E-state index in [9.17, 15) is 9.90 Å². The lowest BCUT2D eigenvalue weighted by molar-refractivity contribution is -0.127. The molecule has 2 aliphatic heterocycles. The highest BCUT2D eigenvalue weighted by molar-refractivity contribution is 6.42. The Kier molecular flexibility index (Phi) is 8.43. The number of amides is 1. The van der Waals surface area contributed by atoms with Crippen LogP contribution in [0.4, 0.5) is 0 Å². The number of aromatic amines is 1. The van der Waals surface area contributed by atoms with E-state index in [4.69, 9.17) is 23.2 Å². The highest BCUT2D eigenvalue weighted by Crippen LogP contribution is 2.34. The first-order valence-corrected chi connectivity index (χ1v) is 14.2. The average molecular weight is 541 g/mol. The molecule has 7 heteroatoms. The third-order valence-electron chi connectivity index (χ3n) is 8.10. The molecule has 0 spiro atoms. The minimum Gasteiger partial charge on any atom is -0.508 e. The van der Waals surface area contributed by atoms with Crippen LogP contribution in [0.3, 0.4) is 0 Å². The van der Waals surface area contributed by atoms with Crippen LogP contribution in [0.25, 0.3) is 17.0 Å². The standard InChI is InChI=1S/C30H35Cl2N3O2/c31-27-6-3-22(18-28(27)32)4-8-30(37)35-16-9-21(10-17-35)2-1-13-34-14-11-23(12-15-34)26-20-33-29-7-5-24(36)19-25(26)29/h3-8,18-21,23,33,36H,1-2,9-17H2/b8-4+. The van der Waals surface area contributed by atoms with Crippen molar-refractivity contribution in [2.45, 2.75) is 44.4 Å². The van der Waals surface area contributed by atoms with E-state index < -0.39 is 0 Å². The Morgan fingerprint density at radius 3 is 2.54 bits per heavy atom. The van der Waals surface area contributed by atoms with Crippen LogP contribution >= 0.6 is 23.2 Å². The third kappa shape index (κ3) is 6.51. The Bertz CT molecular complexity index is 1250.